The molecule has 0 bridgehead atoms. The molecule has 1 unspecified atom stereocenters. The number of esters is 2. The van der Waals surface area contributed by atoms with Crippen LogP contribution in [0.5, 0.6) is 5.75 Å². The highest BCUT2D eigenvalue weighted by Crippen LogP contribution is 2.37. The molecule has 0 radical (unpaired) electrons. The van der Waals surface area contributed by atoms with Crippen molar-refractivity contribution >= 4 is 38.8 Å². The Morgan fingerprint density at radius 3 is 2.61 bits per heavy atom. The Morgan fingerprint density at radius 2 is 1.94 bits per heavy atom. The first-order valence-electron chi connectivity index (χ1n) is 11.5. The maximum absolute atomic E-state index is 13.3. The number of carbonyl (C=O) groups is 2. The van der Waals surface area contributed by atoms with Crippen LogP contribution in [0.2, 0.25) is 0 Å². The third kappa shape index (κ3) is 4.84. The summed E-state index contributed by atoms with van der Waals surface area (Å²) in [6.07, 6.45) is 3.61. The van der Waals surface area contributed by atoms with Gasteiger partial charge in [-0.15, -0.1) is 0 Å². The van der Waals surface area contributed by atoms with Crippen LogP contribution < -0.4 is 9.64 Å². The number of hydrogen-bond donors (Lipinski definition) is 1. The van der Waals surface area contributed by atoms with Gasteiger partial charge in [-0.2, -0.15) is 0 Å². The van der Waals surface area contributed by atoms with Crippen molar-refractivity contribution < 1.29 is 24.0 Å². The molecule has 174 valence electrons. The molecule has 2 aromatic carbocycles. The van der Waals surface area contributed by atoms with E-state index in [2.05, 4.69) is 27.4 Å². The first kappa shape index (κ1) is 23.5. The summed E-state index contributed by atoms with van der Waals surface area (Å²) in [5.74, 6) is -0.384. The van der Waals surface area contributed by atoms with Crippen LogP contribution in [0.1, 0.15) is 56.1 Å². The van der Waals surface area contributed by atoms with Crippen LogP contribution in [0.25, 0.3) is 16.6 Å². The van der Waals surface area contributed by atoms with Crippen molar-refractivity contribution in [1.82, 2.24) is 4.57 Å². The lowest BCUT2D eigenvalue weighted by Crippen LogP contribution is -3.15. The first-order chi connectivity index (χ1) is 15.9. The van der Waals surface area contributed by atoms with E-state index in [0.29, 0.717) is 28.4 Å². The number of nitrogens with one attached hydrogen (secondary N) is 1. The number of quaternary nitrogens is 1. The fraction of sp³-hybridized carbons (Fsp3) is 0.385. The number of benzene rings is 2. The second-order valence-electron chi connectivity index (χ2n) is 8.59. The van der Waals surface area contributed by atoms with E-state index in [1.165, 1.54) is 31.1 Å². The molecule has 0 spiro atoms. The number of ether oxygens (including phenoxy) is 2. The van der Waals surface area contributed by atoms with E-state index < -0.39 is 5.97 Å². The molecule has 0 aliphatic carbocycles. The molecule has 2 atom stereocenters. The third-order valence-corrected chi connectivity index (χ3v) is 6.96. The van der Waals surface area contributed by atoms with Gasteiger partial charge in [-0.05, 0) is 73.3 Å². The van der Waals surface area contributed by atoms with Crippen molar-refractivity contribution in [2.24, 2.45) is 0 Å². The number of fused-ring (bicyclic) bond motifs is 1. The Labute approximate surface area is 202 Å². The lowest BCUT2D eigenvalue weighted by Gasteiger charge is -2.30. The predicted octanol–water partition coefficient (Wildman–Crippen LogP) is 4.45. The summed E-state index contributed by atoms with van der Waals surface area (Å²) < 4.78 is 13.7. The van der Waals surface area contributed by atoms with Crippen molar-refractivity contribution in [3.8, 4) is 11.4 Å². The van der Waals surface area contributed by atoms with Gasteiger partial charge in [0.1, 0.15) is 12.3 Å². The van der Waals surface area contributed by atoms with Crippen LogP contribution >= 0.6 is 15.9 Å². The van der Waals surface area contributed by atoms with Gasteiger partial charge in [0.05, 0.1) is 40.4 Å². The topological polar surface area (TPSA) is 62.0 Å². The smallest absolute Gasteiger partial charge is 0.340 e. The average Bonchev–Trinajstić information content (AvgIpc) is 3.08. The van der Waals surface area contributed by atoms with Crippen molar-refractivity contribution in [2.75, 3.05) is 13.2 Å². The number of halogens is 1. The summed E-state index contributed by atoms with van der Waals surface area (Å²) in [5, 5.41) is 0.718. The van der Waals surface area contributed by atoms with Crippen LogP contribution in [0.3, 0.4) is 0 Å². The molecule has 3 aromatic rings. The number of aromatic nitrogens is 1. The lowest BCUT2D eigenvalue weighted by molar-refractivity contribution is -0.942. The first-order valence-corrected chi connectivity index (χ1v) is 12.3. The molecule has 6 nitrogen and oxygen atoms in total. The summed E-state index contributed by atoms with van der Waals surface area (Å²) >= 11 is 3.55. The summed E-state index contributed by atoms with van der Waals surface area (Å²) in [4.78, 5) is 26.4. The number of hydrogen-bond acceptors (Lipinski definition) is 4. The number of likely N-dealkylation sites (tertiary alicyclic amines) is 1. The molecule has 1 aliphatic heterocycles. The van der Waals surface area contributed by atoms with Crippen LogP contribution in [-0.2, 0) is 16.1 Å². The van der Waals surface area contributed by atoms with Crippen molar-refractivity contribution in [2.45, 2.75) is 52.6 Å². The van der Waals surface area contributed by atoms with Crippen LogP contribution in [0, 0.1) is 0 Å². The highest BCUT2D eigenvalue weighted by atomic mass is 79.9. The molecule has 4 rings (SSSR count). The predicted molar refractivity (Wildman–Crippen MR) is 131 cm³/mol. The average molecular weight is 514 g/mol. The number of para-hydroxylation sites is 1. The van der Waals surface area contributed by atoms with E-state index in [9.17, 15) is 9.59 Å². The van der Waals surface area contributed by atoms with Gasteiger partial charge in [0, 0.05) is 18.0 Å². The van der Waals surface area contributed by atoms with Gasteiger partial charge in [0.15, 0.2) is 0 Å². The standard InChI is InChI=1S/C26H29BrN2O4/c1-4-32-26(31)25-20-14-24(33-18(3)30)21(27)15-22(20)29(19-11-6-5-7-12-19)23(25)16-28-13-9-8-10-17(28)2/h5-7,11-12,14-15,17H,4,8-10,13,16H2,1-3H3/p+1/t17-/m0/s1. The van der Waals surface area contributed by atoms with E-state index in [-0.39, 0.29) is 12.6 Å². The van der Waals surface area contributed by atoms with Gasteiger partial charge < -0.3 is 18.9 Å². The molecule has 1 N–H and O–H groups in total. The molecular weight excluding hydrogens is 484 g/mol. The van der Waals surface area contributed by atoms with Crippen LogP contribution in [-0.4, -0.2) is 35.7 Å². The maximum atomic E-state index is 13.3. The molecule has 0 saturated carbocycles. The normalized spacial score (nSPS) is 18.3. The van der Waals surface area contributed by atoms with E-state index in [0.717, 1.165) is 28.8 Å². The molecule has 1 aliphatic rings. The minimum Gasteiger partial charge on any atom is -0.462 e. The van der Waals surface area contributed by atoms with E-state index in [1.807, 2.05) is 43.3 Å². The van der Waals surface area contributed by atoms with Gasteiger partial charge in [0.2, 0.25) is 0 Å². The molecule has 1 aromatic heterocycles. The minimum atomic E-state index is -0.415. The van der Waals surface area contributed by atoms with Crippen molar-refractivity contribution in [3.05, 3.63) is 58.2 Å². The maximum Gasteiger partial charge on any atom is 0.340 e. The fourth-order valence-corrected chi connectivity index (χ4v) is 5.19. The lowest BCUT2D eigenvalue weighted by atomic mass is 10.0. The molecule has 2 heterocycles. The molecule has 0 amide bonds. The zero-order valence-electron chi connectivity index (χ0n) is 19.3. The van der Waals surface area contributed by atoms with Gasteiger partial charge in [0.25, 0.3) is 0 Å². The minimum absolute atomic E-state index is 0.288. The van der Waals surface area contributed by atoms with E-state index in [1.54, 1.807) is 6.07 Å². The van der Waals surface area contributed by atoms with E-state index in [4.69, 9.17) is 9.47 Å². The van der Waals surface area contributed by atoms with Gasteiger partial charge in [-0.25, -0.2) is 4.79 Å². The second-order valence-corrected chi connectivity index (χ2v) is 9.44. The summed E-state index contributed by atoms with van der Waals surface area (Å²) in [6.45, 7) is 7.53. The van der Waals surface area contributed by atoms with E-state index >= 15 is 0 Å². The Kier molecular flexibility index (Phi) is 7.20. The fourth-order valence-electron chi connectivity index (χ4n) is 4.78. The zero-order chi connectivity index (χ0) is 23.5. The molecule has 1 fully saturated rings. The largest absolute Gasteiger partial charge is 0.462 e. The zero-order valence-corrected chi connectivity index (χ0v) is 20.9. The van der Waals surface area contributed by atoms with Crippen molar-refractivity contribution in [3.63, 3.8) is 0 Å². The quantitative estimate of drug-likeness (QED) is 0.390. The summed E-state index contributed by atoms with van der Waals surface area (Å²) in [6, 6.07) is 14.3. The second kappa shape index (κ2) is 10.1. The van der Waals surface area contributed by atoms with Crippen LogP contribution in [0.15, 0.2) is 46.9 Å². The Bertz CT molecular complexity index is 1170. The summed E-state index contributed by atoms with van der Waals surface area (Å²) in [5.41, 5.74) is 3.31. The highest BCUT2D eigenvalue weighted by Gasteiger charge is 2.31. The number of rotatable bonds is 6. The summed E-state index contributed by atoms with van der Waals surface area (Å²) in [7, 11) is 0. The van der Waals surface area contributed by atoms with Crippen LogP contribution in [0.4, 0.5) is 0 Å². The molecule has 7 heteroatoms. The van der Waals surface area contributed by atoms with Gasteiger partial charge in [-0.1, -0.05) is 18.2 Å². The highest BCUT2D eigenvalue weighted by molar-refractivity contribution is 9.10. The van der Waals surface area contributed by atoms with Gasteiger partial charge >= 0.3 is 11.9 Å². The molecular formula is C26H30BrN2O4+. The Balaban J connectivity index is 2.00. The van der Waals surface area contributed by atoms with Crippen molar-refractivity contribution in [1.29, 1.82) is 0 Å². The molecule has 33 heavy (non-hydrogen) atoms. The number of nitrogens with zero attached hydrogens (tertiary/aromatic N) is 1. The Hall–Kier alpha value is -2.64. The molecule has 1 saturated heterocycles. The monoisotopic (exact) mass is 513 g/mol. The third-order valence-electron chi connectivity index (χ3n) is 6.34. The number of piperidine rings is 1. The Morgan fingerprint density at radius 1 is 1.18 bits per heavy atom. The number of carbonyl (C=O) groups excluding carboxylic acids is 2. The SMILES string of the molecule is CCOC(=O)c1c(C[NH+]2CCCC[C@@H]2C)n(-c2ccccc2)c2cc(Br)c(OC(C)=O)cc12. The van der Waals surface area contributed by atoms with Gasteiger partial charge in [-0.3, -0.25) is 4.79 Å².